The number of rotatable bonds is 3. The highest BCUT2D eigenvalue weighted by molar-refractivity contribution is 5.24. The van der Waals surface area contributed by atoms with Crippen LogP contribution in [0, 0.1) is 11.8 Å². The van der Waals surface area contributed by atoms with Crippen LogP contribution in [0.3, 0.4) is 0 Å². The fourth-order valence-electron chi connectivity index (χ4n) is 3.32. The molecule has 0 saturated carbocycles. The quantitative estimate of drug-likeness (QED) is 0.902. The van der Waals surface area contributed by atoms with Gasteiger partial charge in [-0.1, -0.05) is 51.1 Å². The smallest absolute Gasteiger partial charge is 0.0948 e. The number of likely N-dealkylation sites (tertiary alicyclic amines) is 1. The molecule has 1 heterocycles. The lowest BCUT2D eigenvalue weighted by atomic mass is 9.74. The van der Waals surface area contributed by atoms with Gasteiger partial charge in [-0.2, -0.15) is 0 Å². The first-order valence-corrected chi connectivity index (χ1v) is 7.45. The average Bonchev–Trinajstić information content (AvgIpc) is 2.36. The van der Waals surface area contributed by atoms with Crippen LogP contribution in [-0.2, 0) is 5.60 Å². The summed E-state index contributed by atoms with van der Waals surface area (Å²) < 4.78 is 0. The molecule has 0 bridgehead atoms. The maximum atomic E-state index is 11.1. The topological polar surface area (TPSA) is 23.5 Å². The van der Waals surface area contributed by atoms with E-state index in [2.05, 4.69) is 44.7 Å². The lowest BCUT2D eigenvalue weighted by Crippen LogP contribution is -2.53. The van der Waals surface area contributed by atoms with Crippen LogP contribution < -0.4 is 0 Å². The molecule has 0 aliphatic carbocycles. The zero-order valence-corrected chi connectivity index (χ0v) is 12.6. The molecule has 106 valence electrons. The Morgan fingerprint density at radius 1 is 1.26 bits per heavy atom. The number of benzene rings is 1. The van der Waals surface area contributed by atoms with Gasteiger partial charge in [0, 0.05) is 25.0 Å². The predicted octanol–water partition coefficient (Wildman–Crippen LogP) is 3.26. The van der Waals surface area contributed by atoms with E-state index in [0.717, 1.165) is 25.1 Å². The minimum absolute atomic E-state index is 0.268. The van der Waals surface area contributed by atoms with Gasteiger partial charge in [0.05, 0.1) is 5.60 Å². The lowest BCUT2D eigenvalue weighted by Gasteiger charge is -2.47. The van der Waals surface area contributed by atoms with Gasteiger partial charge in [0.2, 0.25) is 0 Å². The maximum Gasteiger partial charge on any atom is 0.0948 e. The van der Waals surface area contributed by atoms with E-state index in [1.807, 2.05) is 18.2 Å². The van der Waals surface area contributed by atoms with Crippen LogP contribution in [0.1, 0.15) is 39.7 Å². The molecular formula is C17H27NO. The van der Waals surface area contributed by atoms with Crippen LogP contribution in [0.2, 0.25) is 0 Å². The first-order valence-electron chi connectivity index (χ1n) is 7.45. The van der Waals surface area contributed by atoms with Crippen LogP contribution in [0.4, 0.5) is 0 Å². The number of hydrogen-bond acceptors (Lipinski definition) is 2. The summed E-state index contributed by atoms with van der Waals surface area (Å²) in [7, 11) is 0. The van der Waals surface area contributed by atoms with Gasteiger partial charge in [-0.05, 0) is 24.8 Å². The van der Waals surface area contributed by atoms with Gasteiger partial charge in [0.1, 0.15) is 0 Å². The second-order valence-electron chi connectivity index (χ2n) is 6.59. The highest BCUT2D eigenvalue weighted by Gasteiger charge is 2.43. The second-order valence-corrected chi connectivity index (χ2v) is 6.59. The molecule has 1 aliphatic heterocycles. The molecule has 1 saturated heterocycles. The Kier molecular flexibility index (Phi) is 4.32. The van der Waals surface area contributed by atoms with Crippen molar-refractivity contribution in [2.24, 2.45) is 11.8 Å². The molecule has 0 spiro atoms. The molecule has 19 heavy (non-hydrogen) atoms. The summed E-state index contributed by atoms with van der Waals surface area (Å²) in [6.07, 6.45) is 0.824. The number of nitrogens with zero attached hydrogens (tertiary/aromatic N) is 1. The normalized spacial score (nSPS) is 32.7. The van der Waals surface area contributed by atoms with Crippen LogP contribution in [-0.4, -0.2) is 29.1 Å². The fraction of sp³-hybridized carbons (Fsp3) is 0.647. The van der Waals surface area contributed by atoms with Gasteiger partial charge >= 0.3 is 0 Å². The molecule has 2 nitrogen and oxygen atoms in total. The third-order valence-corrected chi connectivity index (χ3v) is 4.43. The molecule has 1 fully saturated rings. The monoisotopic (exact) mass is 261 g/mol. The van der Waals surface area contributed by atoms with Crippen molar-refractivity contribution in [1.29, 1.82) is 0 Å². The molecule has 1 aromatic carbocycles. The lowest BCUT2D eigenvalue weighted by molar-refractivity contribution is -0.0925. The Morgan fingerprint density at radius 2 is 1.89 bits per heavy atom. The third kappa shape index (κ3) is 3.01. The van der Waals surface area contributed by atoms with E-state index in [1.165, 1.54) is 0 Å². The Labute approximate surface area is 117 Å². The Bertz CT molecular complexity index is 403. The minimum Gasteiger partial charge on any atom is -0.385 e. The average molecular weight is 261 g/mol. The predicted molar refractivity (Wildman–Crippen MR) is 80.0 cm³/mol. The Balaban J connectivity index is 2.18. The summed E-state index contributed by atoms with van der Waals surface area (Å²) in [5, 5.41) is 11.1. The van der Waals surface area contributed by atoms with Crippen molar-refractivity contribution in [1.82, 2.24) is 4.90 Å². The maximum absolute atomic E-state index is 11.1. The molecule has 0 aromatic heterocycles. The molecule has 2 rings (SSSR count). The Morgan fingerprint density at radius 3 is 2.47 bits per heavy atom. The summed E-state index contributed by atoms with van der Waals surface area (Å²) in [5.74, 6) is 0.947. The second kappa shape index (κ2) is 5.64. The van der Waals surface area contributed by atoms with E-state index >= 15 is 0 Å². The highest BCUT2D eigenvalue weighted by atomic mass is 16.3. The van der Waals surface area contributed by atoms with Crippen molar-refractivity contribution in [3.63, 3.8) is 0 Å². The van der Waals surface area contributed by atoms with Crippen molar-refractivity contribution >= 4 is 0 Å². The van der Waals surface area contributed by atoms with Crippen LogP contribution in [0.15, 0.2) is 30.3 Å². The molecule has 0 unspecified atom stereocenters. The van der Waals surface area contributed by atoms with Crippen molar-refractivity contribution in [3.8, 4) is 0 Å². The first kappa shape index (κ1) is 14.5. The van der Waals surface area contributed by atoms with Gasteiger partial charge in [0.15, 0.2) is 0 Å². The molecule has 1 aromatic rings. The molecule has 1 N–H and O–H groups in total. The van der Waals surface area contributed by atoms with E-state index in [-0.39, 0.29) is 5.92 Å². The van der Waals surface area contributed by atoms with E-state index < -0.39 is 5.60 Å². The fourth-order valence-corrected chi connectivity index (χ4v) is 3.32. The van der Waals surface area contributed by atoms with Crippen LogP contribution in [0.5, 0.6) is 0 Å². The van der Waals surface area contributed by atoms with E-state index in [0.29, 0.717) is 12.0 Å². The number of piperidine rings is 1. The summed E-state index contributed by atoms with van der Waals surface area (Å²) in [6, 6.07) is 10.6. The largest absolute Gasteiger partial charge is 0.385 e. The highest BCUT2D eigenvalue weighted by Crippen LogP contribution is 2.39. The zero-order valence-electron chi connectivity index (χ0n) is 12.6. The van der Waals surface area contributed by atoms with E-state index in [4.69, 9.17) is 0 Å². The van der Waals surface area contributed by atoms with Gasteiger partial charge in [-0.15, -0.1) is 0 Å². The molecule has 3 atom stereocenters. The standard InChI is InChI=1S/C17H27NO/c1-13(2)11-18-12-14(3)17(19,10-15(18)4)16-8-6-5-7-9-16/h5-9,13-15,19H,10-12H2,1-4H3/t14-,15-,17-/m0/s1. The van der Waals surface area contributed by atoms with Crippen molar-refractivity contribution < 1.29 is 5.11 Å². The third-order valence-electron chi connectivity index (χ3n) is 4.43. The number of hydrogen-bond donors (Lipinski definition) is 1. The summed E-state index contributed by atoms with van der Waals surface area (Å²) in [6.45, 7) is 11.0. The van der Waals surface area contributed by atoms with Gasteiger partial charge in [0.25, 0.3) is 0 Å². The van der Waals surface area contributed by atoms with Crippen molar-refractivity contribution in [3.05, 3.63) is 35.9 Å². The molecule has 0 amide bonds. The molecule has 0 radical (unpaired) electrons. The molecule has 2 heteroatoms. The van der Waals surface area contributed by atoms with Crippen LogP contribution in [0.25, 0.3) is 0 Å². The van der Waals surface area contributed by atoms with Crippen molar-refractivity contribution in [2.45, 2.75) is 45.8 Å². The van der Waals surface area contributed by atoms with E-state index in [1.54, 1.807) is 0 Å². The Hall–Kier alpha value is -0.860. The number of aliphatic hydroxyl groups is 1. The summed E-state index contributed by atoms with van der Waals surface area (Å²) >= 11 is 0. The van der Waals surface area contributed by atoms with Crippen LogP contribution >= 0.6 is 0 Å². The molecule has 1 aliphatic rings. The van der Waals surface area contributed by atoms with E-state index in [9.17, 15) is 5.11 Å². The van der Waals surface area contributed by atoms with Gasteiger partial charge in [-0.25, -0.2) is 0 Å². The SMILES string of the molecule is CC(C)CN1C[C@H](C)[C@](O)(c2ccccc2)C[C@@H]1C. The summed E-state index contributed by atoms with van der Waals surface area (Å²) in [4.78, 5) is 2.52. The van der Waals surface area contributed by atoms with Gasteiger partial charge < -0.3 is 5.11 Å². The zero-order chi connectivity index (χ0) is 14.0. The minimum atomic E-state index is -0.672. The van der Waals surface area contributed by atoms with Crippen molar-refractivity contribution in [2.75, 3.05) is 13.1 Å². The van der Waals surface area contributed by atoms with Gasteiger partial charge in [-0.3, -0.25) is 4.90 Å². The first-order chi connectivity index (χ1) is 8.93. The summed E-state index contributed by atoms with van der Waals surface area (Å²) in [5.41, 5.74) is 0.396. The molecular weight excluding hydrogens is 234 g/mol.